The maximum absolute atomic E-state index is 13.1. The van der Waals surface area contributed by atoms with E-state index in [-0.39, 0.29) is 11.4 Å². The number of thioether (sulfide) groups is 1. The molecule has 1 N–H and O–H groups in total. The summed E-state index contributed by atoms with van der Waals surface area (Å²) in [4.78, 5) is 7.90. The van der Waals surface area contributed by atoms with E-state index in [4.69, 9.17) is 16.3 Å². The summed E-state index contributed by atoms with van der Waals surface area (Å²) in [6.07, 6.45) is -0.739. The van der Waals surface area contributed by atoms with Crippen LogP contribution >= 0.6 is 23.4 Å². The number of imidazole rings is 1. The van der Waals surface area contributed by atoms with Crippen molar-refractivity contribution in [3.05, 3.63) is 82.4 Å². The Balaban J connectivity index is 1.58. The smallest absolute Gasteiger partial charge is 0.368 e. The van der Waals surface area contributed by atoms with Gasteiger partial charge in [0.2, 0.25) is 0 Å². The van der Waals surface area contributed by atoms with E-state index in [1.165, 1.54) is 23.9 Å². The van der Waals surface area contributed by atoms with Crippen molar-refractivity contribution < 1.29 is 17.9 Å². The molecule has 1 aliphatic rings. The van der Waals surface area contributed by atoms with E-state index in [1.807, 2.05) is 12.1 Å². The molecule has 146 valence electrons. The van der Waals surface area contributed by atoms with Crippen LogP contribution in [0.2, 0.25) is 5.02 Å². The van der Waals surface area contributed by atoms with Crippen molar-refractivity contribution >= 4 is 23.4 Å². The molecule has 8 heteroatoms. The lowest BCUT2D eigenvalue weighted by Crippen LogP contribution is -2.17. The van der Waals surface area contributed by atoms with Gasteiger partial charge in [0.15, 0.2) is 0 Å². The Hall–Kier alpha value is -1.96. The normalized spacial score (nSPS) is 19.0. The average Bonchev–Trinajstić information content (AvgIpc) is 3.28. The number of aromatic nitrogens is 2. The minimum Gasteiger partial charge on any atom is -0.368 e. The summed E-state index contributed by atoms with van der Waals surface area (Å²) >= 11 is 7.32. The number of fused-ring (bicyclic) bond motifs is 1. The molecule has 3 nitrogen and oxygen atoms in total. The Labute approximate surface area is 169 Å². The summed E-state index contributed by atoms with van der Waals surface area (Å²) in [7, 11) is 0. The van der Waals surface area contributed by atoms with E-state index in [0.29, 0.717) is 22.9 Å². The third-order valence-corrected chi connectivity index (χ3v) is 6.13. The highest BCUT2D eigenvalue weighted by Crippen LogP contribution is 2.49. The number of rotatable bonds is 5. The average molecular weight is 425 g/mol. The molecule has 28 heavy (non-hydrogen) atoms. The van der Waals surface area contributed by atoms with Crippen LogP contribution in [0.5, 0.6) is 0 Å². The van der Waals surface area contributed by atoms with Crippen LogP contribution in [0.25, 0.3) is 0 Å². The van der Waals surface area contributed by atoms with Crippen molar-refractivity contribution in [2.24, 2.45) is 0 Å². The minimum absolute atomic E-state index is 0.0723. The van der Waals surface area contributed by atoms with Gasteiger partial charge in [0.1, 0.15) is 5.82 Å². The van der Waals surface area contributed by atoms with Gasteiger partial charge in [0.25, 0.3) is 0 Å². The van der Waals surface area contributed by atoms with E-state index >= 15 is 0 Å². The second kappa shape index (κ2) is 7.81. The highest BCUT2D eigenvalue weighted by molar-refractivity contribution is 8.00. The third kappa shape index (κ3) is 4.21. The second-order valence-corrected chi connectivity index (χ2v) is 8.22. The van der Waals surface area contributed by atoms with Crippen molar-refractivity contribution in [1.29, 1.82) is 0 Å². The van der Waals surface area contributed by atoms with Gasteiger partial charge in [-0.1, -0.05) is 29.8 Å². The highest BCUT2D eigenvalue weighted by atomic mass is 35.5. The fraction of sp³-hybridized carbons (Fsp3) is 0.250. The van der Waals surface area contributed by atoms with Crippen LogP contribution in [0.15, 0.2) is 59.8 Å². The topological polar surface area (TPSA) is 37.9 Å². The predicted octanol–water partition coefficient (Wildman–Crippen LogP) is 6.06. The molecule has 2 heterocycles. The molecule has 1 aliphatic heterocycles. The molecular formula is C20H16ClF3N2OS. The standard InChI is InChI=1S/C20H16ClF3N2OS/c21-14-4-1-12(2-5-14)11-27-19-15-6-3-13(20(22,23)24)9-16(15)28-17(19)10-18-25-7-8-26-18/h1-9,17,19H,10-11H2,(H,25,26). The van der Waals surface area contributed by atoms with Gasteiger partial charge in [-0.05, 0) is 35.4 Å². The van der Waals surface area contributed by atoms with Crippen LogP contribution < -0.4 is 0 Å². The number of alkyl halides is 3. The number of nitrogens with zero attached hydrogens (tertiary/aromatic N) is 1. The van der Waals surface area contributed by atoms with Crippen LogP contribution in [0.4, 0.5) is 13.2 Å². The number of ether oxygens (including phenoxy) is 1. The maximum Gasteiger partial charge on any atom is 0.416 e. The van der Waals surface area contributed by atoms with Gasteiger partial charge in [-0.3, -0.25) is 0 Å². The highest BCUT2D eigenvalue weighted by Gasteiger charge is 2.38. The first-order valence-electron chi connectivity index (χ1n) is 8.62. The Kier molecular flexibility index (Phi) is 5.40. The van der Waals surface area contributed by atoms with Crippen molar-refractivity contribution in [2.45, 2.75) is 35.5 Å². The van der Waals surface area contributed by atoms with Crippen LogP contribution in [0.1, 0.15) is 28.6 Å². The van der Waals surface area contributed by atoms with Crippen molar-refractivity contribution in [3.8, 4) is 0 Å². The van der Waals surface area contributed by atoms with E-state index in [9.17, 15) is 13.2 Å². The van der Waals surface area contributed by atoms with Gasteiger partial charge >= 0.3 is 6.18 Å². The zero-order valence-electron chi connectivity index (χ0n) is 14.5. The molecule has 1 aromatic heterocycles. The number of hydrogen-bond acceptors (Lipinski definition) is 3. The Morgan fingerprint density at radius 2 is 1.93 bits per heavy atom. The monoisotopic (exact) mass is 424 g/mol. The molecule has 0 spiro atoms. The molecule has 0 bridgehead atoms. The van der Waals surface area contributed by atoms with E-state index < -0.39 is 11.7 Å². The summed E-state index contributed by atoms with van der Waals surface area (Å²) < 4.78 is 45.4. The largest absolute Gasteiger partial charge is 0.416 e. The zero-order valence-corrected chi connectivity index (χ0v) is 16.1. The Morgan fingerprint density at radius 3 is 2.61 bits per heavy atom. The van der Waals surface area contributed by atoms with Gasteiger partial charge in [0, 0.05) is 34.0 Å². The number of H-pyrrole nitrogens is 1. The van der Waals surface area contributed by atoms with Crippen LogP contribution in [-0.2, 0) is 23.9 Å². The van der Waals surface area contributed by atoms with Gasteiger partial charge in [-0.25, -0.2) is 4.98 Å². The molecule has 4 rings (SSSR count). The first-order chi connectivity index (χ1) is 13.4. The summed E-state index contributed by atoms with van der Waals surface area (Å²) in [5, 5.41) is 0.567. The van der Waals surface area contributed by atoms with E-state index in [0.717, 1.165) is 23.0 Å². The molecule has 3 aromatic rings. The molecule has 2 aromatic carbocycles. The van der Waals surface area contributed by atoms with Crippen molar-refractivity contribution in [3.63, 3.8) is 0 Å². The van der Waals surface area contributed by atoms with Gasteiger partial charge < -0.3 is 9.72 Å². The van der Waals surface area contributed by atoms with Crippen molar-refractivity contribution in [1.82, 2.24) is 9.97 Å². The fourth-order valence-corrected chi connectivity index (χ4v) is 4.74. The Bertz CT molecular complexity index is 945. The van der Waals surface area contributed by atoms with Gasteiger partial charge in [-0.2, -0.15) is 13.2 Å². The summed E-state index contributed by atoms with van der Waals surface area (Å²) in [6.45, 7) is 0.345. The molecule has 0 saturated heterocycles. The zero-order chi connectivity index (χ0) is 19.7. The van der Waals surface area contributed by atoms with Gasteiger partial charge in [0.05, 0.1) is 18.3 Å². The number of hydrogen-bond donors (Lipinski definition) is 1. The predicted molar refractivity (Wildman–Crippen MR) is 102 cm³/mol. The number of benzene rings is 2. The van der Waals surface area contributed by atoms with Crippen LogP contribution in [0.3, 0.4) is 0 Å². The van der Waals surface area contributed by atoms with Crippen molar-refractivity contribution in [2.75, 3.05) is 0 Å². The molecule has 0 amide bonds. The lowest BCUT2D eigenvalue weighted by Gasteiger charge is -2.20. The lowest BCUT2D eigenvalue weighted by atomic mass is 10.0. The van der Waals surface area contributed by atoms with Crippen LogP contribution in [-0.4, -0.2) is 15.2 Å². The lowest BCUT2D eigenvalue weighted by molar-refractivity contribution is -0.137. The van der Waals surface area contributed by atoms with E-state index in [1.54, 1.807) is 24.5 Å². The van der Waals surface area contributed by atoms with Gasteiger partial charge in [-0.15, -0.1) is 11.8 Å². The first-order valence-corrected chi connectivity index (χ1v) is 9.88. The molecular weight excluding hydrogens is 409 g/mol. The minimum atomic E-state index is -4.37. The summed E-state index contributed by atoms with van der Waals surface area (Å²) in [6, 6.07) is 11.2. The SMILES string of the molecule is FC(F)(F)c1ccc2c(c1)SC(Cc1ncc[nH]1)C2OCc1ccc(Cl)cc1. The van der Waals surface area contributed by atoms with Crippen LogP contribution in [0, 0.1) is 0 Å². The number of halogens is 4. The fourth-order valence-electron chi connectivity index (χ4n) is 3.19. The summed E-state index contributed by atoms with van der Waals surface area (Å²) in [5.74, 6) is 0.779. The third-order valence-electron chi connectivity index (χ3n) is 4.56. The molecule has 2 unspecified atom stereocenters. The maximum atomic E-state index is 13.1. The molecule has 0 fully saturated rings. The molecule has 2 atom stereocenters. The first kappa shape index (κ1) is 19.4. The quantitative estimate of drug-likeness (QED) is 0.541. The van der Waals surface area contributed by atoms with E-state index in [2.05, 4.69) is 9.97 Å². The number of aromatic amines is 1. The molecule has 0 radical (unpaired) electrons. The molecule has 0 aliphatic carbocycles. The number of nitrogens with one attached hydrogen (secondary N) is 1. The Morgan fingerprint density at radius 1 is 1.14 bits per heavy atom. The second-order valence-electron chi connectivity index (χ2n) is 6.50. The molecule has 0 saturated carbocycles. The summed E-state index contributed by atoms with van der Waals surface area (Å²) in [5.41, 5.74) is 1.09.